The van der Waals surface area contributed by atoms with Crippen LogP contribution in [0.5, 0.6) is 5.75 Å². The largest absolute Gasteiger partial charge is 0.485 e. The molecule has 1 heterocycles. The van der Waals surface area contributed by atoms with Gasteiger partial charge in [0, 0.05) is 31.1 Å². The number of carboxylic acid groups (broad SMARTS) is 1. The van der Waals surface area contributed by atoms with Crippen molar-refractivity contribution < 1.29 is 19.6 Å². The number of aromatic nitrogens is 2. The van der Waals surface area contributed by atoms with Crippen molar-refractivity contribution in [2.75, 3.05) is 0 Å². The van der Waals surface area contributed by atoms with Crippen LogP contribution in [0.1, 0.15) is 23.1 Å². The Labute approximate surface area is 119 Å². The number of non-ortho nitro benzene ring substituents is 1. The molecule has 2 rings (SSSR count). The highest BCUT2D eigenvalue weighted by atomic mass is 16.6. The molecule has 0 aliphatic carbocycles. The summed E-state index contributed by atoms with van der Waals surface area (Å²) in [4.78, 5) is 25.3. The minimum Gasteiger partial charge on any atom is -0.485 e. The van der Waals surface area contributed by atoms with Gasteiger partial charge in [-0.1, -0.05) is 0 Å². The smallest absolute Gasteiger partial charge is 0.339 e. The summed E-state index contributed by atoms with van der Waals surface area (Å²) in [6, 6.07) is 3.46. The van der Waals surface area contributed by atoms with E-state index in [1.54, 1.807) is 12.4 Å². The quantitative estimate of drug-likeness (QED) is 0.645. The van der Waals surface area contributed by atoms with Gasteiger partial charge in [-0.2, -0.15) is 0 Å². The Kier molecular flexibility index (Phi) is 4.17. The lowest BCUT2D eigenvalue weighted by molar-refractivity contribution is -0.384. The molecular formula is C13H13N3O5. The standard InChI is InChI=1S/C13H13N3O5/c1-2-15-6-5-14-12(15)8-21-11-4-3-9(16(19)20)7-10(11)13(17)18/h3-7H,2,8H2,1H3,(H,17,18). The number of nitro groups is 1. The Morgan fingerprint density at radius 1 is 1.52 bits per heavy atom. The van der Waals surface area contributed by atoms with E-state index in [-0.39, 0.29) is 23.6 Å². The van der Waals surface area contributed by atoms with Gasteiger partial charge in [0.2, 0.25) is 0 Å². The molecule has 2 aromatic rings. The van der Waals surface area contributed by atoms with Gasteiger partial charge in [0.25, 0.3) is 5.69 Å². The van der Waals surface area contributed by atoms with Gasteiger partial charge in [-0.05, 0) is 13.0 Å². The van der Waals surface area contributed by atoms with E-state index in [0.717, 1.165) is 6.07 Å². The third-order valence-electron chi connectivity index (χ3n) is 2.90. The van der Waals surface area contributed by atoms with Crippen molar-refractivity contribution in [2.24, 2.45) is 0 Å². The highest BCUT2D eigenvalue weighted by Crippen LogP contribution is 2.25. The number of hydrogen-bond donors (Lipinski definition) is 1. The summed E-state index contributed by atoms with van der Waals surface area (Å²) < 4.78 is 7.29. The van der Waals surface area contributed by atoms with Crippen molar-refractivity contribution >= 4 is 11.7 Å². The maximum atomic E-state index is 11.2. The molecule has 8 nitrogen and oxygen atoms in total. The molecule has 0 fully saturated rings. The zero-order chi connectivity index (χ0) is 15.4. The second-order valence-electron chi connectivity index (χ2n) is 4.16. The lowest BCUT2D eigenvalue weighted by Gasteiger charge is -2.09. The normalized spacial score (nSPS) is 10.3. The Hall–Kier alpha value is -2.90. The fourth-order valence-electron chi connectivity index (χ4n) is 1.83. The van der Waals surface area contributed by atoms with Crippen molar-refractivity contribution in [3.05, 3.63) is 52.1 Å². The van der Waals surface area contributed by atoms with Crippen LogP contribution in [0.4, 0.5) is 5.69 Å². The van der Waals surface area contributed by atoms with Crippen molar-refractivity contribution in [3.63, 3.8) is 0 Å². The summed E-state index contributed by atoms with van der Waals surface area (Å²) in [6.45, 7) is 2.74. The van der Waals surface area contributed by atoms with Gasteiger partial charge in [-0.25, -0.2) is 9.78 Å². The van der Waals surface area contributed by atoms with Gasteiger partial charge in [-0.15, -0.1) is 0 Å². The molecule has 0 aliphatic rings. The molecule has 1 N–H and O–H groups in total. The van der Waals surface area contributed by atoms with Crippen molar-refractivity contribution in [2.45, 2.75) is 20.1 Å². The fraction of sp³-hybridized carbons (Fsp3) is 0.231. The van der Waals surface area contributed by atoms with Crippen LogP contribution in [-0.4, -0.2) is 25.6 Å². The number of nitrogens with zero attached hydrogens (tertiary/aromatic N) is 3. The van der Waals surface area contributed by atoms with E-state index < -0.39 is 10.9 Å². The number of hydrogen-bond acceptors (Lipinski definition) is 5. The van der Waals surface area contributed by atoms with E-state index in [4.69, 9.17) is 9.84 Å². The van der Waals surface area contributed by atoms with Crippen LogP contribution in [0.15, 0.2) is 30.6 Å². The number of rotatable bonds is 6. The molecular weight excluding hydrogens is 278 g/mol. The third-order valence-corrected chi connectivity index (χ3v) is 2.90. The van der Waals surface area contributed by atoms with Gasteiger partial charge in [-0.3, -0.25) is 10.1 Å². The van der Waals surface area contributed by atoms with Gasteiger partial charge < -0.3 is 14.4 Å². The van der Waals surface area contributed by atoms with Crippen molar-refractivity contribution in [1.29, 1.82) is 0 Å². The summed E-state index contributed by atoms with van der Waals surface area (Å²) in [5.74, 6) is -0.571. The highest BCUT2D eigenvalue weighted by Gasteiger charge is 2.17. The van der Waals surface area contributed by atoms with E-state index in [0.29, 0.717) is 12.4 Å². The number of nitro benzene ring substituents is 1. The summed E-state index contributed by atoms with van der Waals surface area (Å²) in [5, 5.41) is 19.8. The number of ether oxygens (including phenoxy) is 1. The predicted molar refractivity (Wildman–Crippen MR) is 72.3 cm³/mol. The van der Waals surface area contributed by atoms with Crippen LogP contribution in [0.25, 0.3) is 0 Å². The topological polar surface area (TPSA) is 107 Å². The lowest BCUT2D eigenvalue weighted by Crippen LogP contribution is -2.08. The molecule has 0 saturated heterocycles. The molecule has 0 bridgehead atoms. The van der Waals surface area contributed by atoms with Crippen LogP contribution < -0.4 is 4.74 Å². The SMILES string of the molecule is CCn1ccnc1COc1ccc([N+](=O)[O-])cc1C(=O)O. The van der Waals surface area contributed by atoms with Gasteiger partial charge in [0.1, 0.15) is 23.7 Å². The Bertz CT molecular complexity index is 680. The summed E-state index contributed by atoms with van der Waals surface area (Å²) in [7, 11) is 0. The van der Waals surface area contributed by atoms with Crippen LogP contribution in [-0.2, 0) is 13.2 Å². The van der Waals surface area contributed by atoms with Crippen LogP contribution in [0, 0.1) is 10.1 Å². The predicted octanol–water partition coefficient (Wildman–Crippen LogP) is 2.09. The fourth-order valence-corrected chi connectivity index (χ4v) is 1.83. The first-order chi connectivity index (χ1) is 10.0. The molecule has 21 heavy (non-hydrogen) atoms. The second-order valence-corrected chi connectivity index (χ2v) is 4.16. The number of benzene rings is 1. The number of imidazole rings is 1. The number of carboxylic acids is 1. The van der Waals surface area contributed by atoms with Crippen LogP contribution in [0.2, 0.25) is 0 Å². The summed E-state index contributed by atoms with van der Waals surface area (Å²) >= 11 is 0. The molecule has 1 aromatic heterocycles. The monoisotopic (exact) mass is 291 g/mol. The van der Waals surface area contributed by atoms with Crippen LogP contribution in [0.3, 0.4) is 0 Å². The molecule has 1 aromatic carbocycles. The lowest BCUT2D eigenvalue weighted by atomic mass is 10.2. The molecule has 0 spiro atoms. The molecule has 0 unspecified atom stereocenters. The maximum absolute atomic E-state index is 11.2. The van der Waals surface area contributed by atoms with E-state index in [1.165, 1.54) is 12.1 Å². The van der Waals surface area contributed by atoms with Crippen molar-refractivity contribution in [3.8, 4) is 5.75 Å². The van der Waals surface area contributed by atoms with Crippen LogP contribution >= 0.6 is 0 Å². The van der Waals surface area contributed by atoms with E-state index in [2.05, 4.69) is 4.98 Å². The van der Waals surface area contributed by atoms with E-state index in [1.807, 2.05) is 11.5 Å². The van der Waals surface area contributed by atoms with Gasteiger partial charge in [0.15, 0.2) is 0 Å². The van der Waals surface area contributed by atoms with E-state index in [9.17, 15) is 14.9 Å². The Morgan fingerprint density at radius 3 is 2.90 bits per heavy atom. The molecule has 0 radical (unpaired) electrons. The third kappa shape index (κ3) is 3.16. The Morgan fingerprint density at radius 2 is 2.29 bits per heavy atom. The zero-order valence-corrected chi connectivity index (χ0v) is 11.2. The first-order valence-electron chi connectivity index (χ1n) is 6.17. The van der Waals surface area contributed by atoms with Crippen molar-refractivity contribution in [1.82, 2.24) is 9.55 Å². The molecule has 0 atom stereocenters. The first kappa shape index (κ1) is 14.5. The molecule has 0 saturated carbocycles. The second kappa shape index (κ2) is 6.04. The molecule has 110 valence electrons. The number of carbonyl (C=O) groups is 1. The highest BCUT2D eigenvalue weighted by molar-refractivity contribution is 5.91. The number of aromatic carboxylic acids is 1. The summed E-state index contributed by atoms with van der Waals surface area (Å²) in [5.41, 5.74) is -0.548. The van der Waals surface area contributed by atoms with Gasteiger partial charge >= 0.3 is 5.97 Å². The van der Waals surface area contributed by atoms with E-state index >= 15 is 0 Å². The maximum Gasteiger partial charge on any atom is 0.339 e. The molecule has 0 aliphatic heterocycles. The zero-order valence-electron chi connectivity index (χ0n) is 11.2. The molecule has 8 heteroatoms. The van der Waals surface area contributed by atoms with Gasteiger partial charge in [0.05, 0.1) is 4.92 Å². The first-order valence-corrected chi connectivity index (χ1v) is 6.17. The molecule has 0 amide bonds. The minimum atomic E-state index is -1.28. The summed E-state index contributed by atoms with van der Waals surface area (Å²) in [6.07, 6.45) is 3.41. The Balaban J connectivity index is 2.23. The minimum absolute atomic E-state index is 0.0683. The average molecular weight is 291 g/mol. The average Bonchev–Trinajstić information content (AvgIpc) is 2.92. The number of aryl methyl sites for hydroxylation is 1.